The van der Waals surface area contributed by atoms with Gasteiger partial charge in [-0.15, -0.1) is 0 Å². The highest BCUT2D eigenvalue weighted by atomic mass is 19.2. The number of aryl methyl sites for hydroxylation is 1. The maximum absolute atomic E-state index is 15.1. The molecule has 4 rings (SSSR count). The first kappa shape index (κ1) is 18.3. The first-order valence-corrected chi connectivity index (χ1v) is 9.21. The fourth-order valence-electron chi connectivity index (χ4n) is 4.20. The highest BCUT2D eigenvalue weighted by Crippen LogP contribution is 2.42. The van der Waals surface area contributed by atoms with Crippen molar-refractivity contribution < 1.29 is 13.2 Å². The first-order chi connectivity index (χ1) is 12.8. The van der Waals surface area contributed by atoms with Gasteiger partial charge in [-0.25, -0.2) is 13.2 Å². The number of nitrogens with two attached hydrogens (primary N) is 2. The molecule has 4 N–H and O–H groups in total. The van der Waals surface area contributed by atoms with Crippen LogP contribution in [0.3, 0.4) is 0 Å². The zero-order chi connectivity index (χ0) is 19.5. The summed E-state index contributed by atoms with van der Waals surface area (Å²) < 4.78 is 46.3. The molecular formula is C19H23F3N4O. The van der Waals surface area contributed by atoms with Crippen molar-refractivity contribution in [2.75, 3.05) is 24.5 Å². The smallest absolute Gasteiger partial charge is 0.251 e. The van der Waals surface area contributed by atoms with Crippen LogP contribution in [0.15, 0.2) is 10.9 Å². The average molecular weight is 380 g/mol. The Morgan fingerprint density at radius 3 is 2.52 bits per heavy atom. The monoisotopic (exact) mass is 380 g/mol. The lowest BCUT2D eigenvalue weighted by atomic mass is 10.0. The van der Waals surface area contributed by atoms with Crippen LogP contribution in [0.1, 0.15) is 36.4 Å². The van der Waals surface area contributed by atoms with Crippen LogP contribution in [0.2, 0.25) is 0 Å². The molecule has 1 aromatic carbocycles. The van der Waals surface area contributed by atoms with Gasteiger partial charge in [0.15, 0.2) is 11.6 Å². The number of hydrogen-bond acceptors (Lipinski definition) is 4. The van der Waals surface area contributed by atoms with E-state index in [-0.39, 0.29) is 60.8 Å². The lowest BCUT2D eigenvalue weighted by Crippen LogP contribution is -2.36. The minimum atomic E-state index is -1.63. The zero-order valence-electron chi connectivity index (χ0n) is 15.2. The number of rotatable bonds is 4. The van der Waals surface area contributed by atoms with Crippen LogP contribution in [0.4, 0.5) is 18.9 Å². The highest BCUT2D eigenvalue weighted by molar-refractivity contribution is 5.91. The molecule has 146 valence electrons. The van der Waals surface area contributed by atoms with Gasteiger partial charge in [-0.1, -0.05) is 0 Å². The summed E-state index contributed by atoms with van der Waals surface area (Å²) in [4.78, 5) is 14.1. The van der Waals surface area contributed by atoms with E-state index in [0.717, 1.165) is 12.8 Å². The van der Waals surface area contributed by atoms with Crippen molar-refractivity contribution in [3.05, 3.63) is 39.2 Å². The molecule has 1 aliphatic carbocycles. The van der Waals surface area contributed by atoms with E-state index < -0.39 is 17.3 Å². The average Bonchev–Trinajstić information content (AvgIpc) is 3.41. The van der Waals surface area contributed by atoms with Crippen molar-refractivity contribution >= 4 is 16.6 Å². The van der Waals surface area contributed by atoms with Gasteiger partial charge in [-0.05, 0) is 25.3 Å². The lowest BCUT2D eigenvalue weighted by Gasteiger charge is -2.26. The Labute approximate surface area is 154 Å². The molecule has 0 amide bonds. The molecule has 1 saturated carbocycles. The molecule has 0 unspecified atom stereocenters. The second kappa shape index (κ2) is 6.24. The van der Waals surface area contributed by atoms with Crippen molar-refractivity contribution in [2.45, 2.75) is 44.4 Å². The fraction of sp³-hybridized carbons (Fsp3) is 0.526. The Morgan fingerprint density at radius 1 is 1.26 bits per heavy atom. The van der Waals surface area contributed by atoms with Gasteiger partial charge in [0.2, 0.25) is 0 Å². The van der Waals surface area contributed by atoms with Crippen molar-refractivity contribution in [1.82, 2.24) is 4.57 Å². The summed E-state index contributed by atoms with van der Waals surface area (Å²) in [6.07, 6.45) is 1.78. The molecule has 1 atom stereocenters. The predicted molar refractivity (Wildman–Crippen MR) is 98.7 cm³/mol. The molecule has 1 saturated heterocycles. The number of halogens is 3. The zero-order valence-corrected chi connectivity index (χ0v) is 15.2. The molecular weight excluding hydrogens is 357 g/mol. The second-order valence-electron chi connectivity index (χ2n) is 7.66. The SMILES string of the molecule is Cc1c(N2CC[C@](F)(CN)C2)c(F)c(F)c2c(CN)cc(=O)n(C3CC3)c12. The Kier molecular flexibility index (Phi) is 4.23. The highest BCUT2D eigenvalue weighted by Gasteiger charge is 2.40. The van der Waals surface area contributed by atoms with Gasteiger partial charge in [0.25, 0.3) is 5.56 Å². The predicted octanol–water partition coefficient (Wildman–Crippen LogP) is 2.26. The Bertz CT molecular complexity index is 986. The van der Waals surface area contributed by atoms with Crippen LogP contribution in [0, 0.1) is 18.6 Å². The van der Waals surface area contributed by atoms with E-state index in [9.17, 15) is 9.18 Å². The minimum absolute atomic E-state index is 0.0101. The quantitative estimate of drug-likeness (QED) is 0.853. The summed E-state index contributed by atoms with van der Waals surface area (Å²) in [5, 5.41) is 0.0484. The summed E-state index contributed by atoms with van der Waals surface area (Å²) in [6.45, 7) is 1.54. The van der Waals surface area contributed by atoms with Gasteiger partial charge in [-0.2, -0.15) is 0 Å². The van der Waals surface area contributed by atoms with E-state index in [4.69, 9.17) is 11.5 Å². The minimum Gasteiger partial charge on any atom is -0.365 e. The standard InChI is InChI=1S/C19H23F3N4O/c1-10-17-14(11(7-23)6-13(27)26(17)12-2-3-12)15(20)16(21)18(10)25-5-4-19(22,8-24)9-25/h6,12H,2-5,7-9,23-24H2,1H3/t19-/m0/s1. The lowest BCUT2D eigenvalue weighted by molar-refractivity contribution is 0.204. The van der Waals surface area contributed by atoms with E-state index in [1.807, 2.05) is 0 Å². The van der Waals surface area contributed by atoms with Gasteiger partial charge in [0, 0.05) is 49.1 Å². The number of fused-ring (bicyclic) bond motifs is 1. The van der Waals surface area contributed by atoms with Crippen LogP contribution < -0.4 is 21.9 Å². The molecule has 8 heteroatoms. The van der Waals surface area contributed by atoms with Crippen LogP contribution >= 0.6 is 0 Å². The third kappa shape index (κ3) is 2.73. The fourth-order valence-corrected chi connectivity index (χ4v) is 4.20. The summed E-state index contributed by atoms with van der Waals surface area (Å²) in [6, 6.07) is 1.27. The molecule has 1 aromatic heterocycles. The van der Waals surface area contributed by atoms with Gasteiger partial charge < -0.3 is 20.9 Å². The van der Waals surface area contributed by atoms with Crippen molar-refractivity contribution in [2.24, 2.45) is 11.5 Å². The maximum Gasteiger partial charge on any atom is 0.251 e. The van der Waals surface area contributed by atoms with Gasteiger partial charge in [-0.3, -0.25) is 4.79 Å². The number of benzene rings is 1. The molecule has 2 fully saturated rings. The van der Waals surface area contributed by atoms with E-state index >= 15 is 8.78 Å². The molecule has 2 aliphatic rings. The van der Waals surface area contributed by atoms with Crippen LogP contribution in [-0.4, -0.2) is 29.9 Å². The molecule has 1 aliphatic heterocycles. The Morgan fingerprint density at radius 2 is 1.96 bits per heavy atom. The van der Waals surface area contributed by atoms with E-state index in [1.54, 1.807) is 6.92 Å². The number of hydrogen-bond donors (Lipinski definition) is 2. The van der Waals surface area contributed by atoms with E-state index in [0.29, 0.717) is 11.1 Å². The van der Waals surface area contributed by atoms with Crippen LogP contribution in [0.25, 0.3) is 10.9 Å². The Balaban J connectivity index is 2.02. The molecule has 27 heavy (non-hydrogen) atoms. The largest absolute Gasteiger partial charge is 0.365 e. The van der Waals surface area contributed by atoms with Gasteiger partial charge >= 0.3 is 0 Å². The first-order valence-electron chi connectivity index (χ1n) is 9.21. The molecule has 0 bridgehead atoms. The van der Waals surface area contributed by atoms with Crippen LogP contribution in [-0.2, 0) is 6.54 Å². The summed E-state index contributed by atoms with van der Waals surface area (Å²) >= 11 is 0. The second-order valence-corrected chi connectivity index (χ2v) is 7.66. The van der Waals surface area contributed by atoms with Gasteiger partial charge in [0.05, 0.1) is 17.7 Å². The van der Waals surface area contributed by atoms with Gasteiger partial charge in [0.1, 0.15) is 5.67 Å². The van der Waals surface area contributed by atoms with Crippen molar-refractivity contribution in [3.8, 4) is 0 Å². The third-order valence-corrected chi connectivity index (χ3v) is 5.78. The molecule has 2 aromatic rings. The van der Waals surface area contributed by atoms with Crippen molar-refractivity contribution in [1.29, 1.82) is 0 Å². The summed E-state index contributed by atoms with van der Waals surface area (Å²) in [5.74, 6) is -2.07. The normalized spacial score (nSPS) is 22.8. The number of anilines is 1. The number of pyridine rings is 1. The van der Waals surface area contributed by atoms with Crippen LogP contribution in [0.5, 0.6) is 0 Å². The topological polar surface area (TPSA) is 77.3 Å². The number of aromatic nitrogens is 1. The summed E-state index contributed by atoms with van der Waals surface area (Å²) in [5.41, 5.74) is 10.4. The molecule has 2 heterocycles. The maximum atomic E-state index is 15.1. The summed E-state index contributed by atoms with van der Waals surface area (Å²) in [7, 11) is 0. The number of alkyl halides is 1. The van der Waals surface area contributed by atoms with E-state index in [2.05, 4.69) is 0 Å². The molecule has 5 nitrogen and oxygen atoms in total. The number of nitrogens with zero attached hydrogens (tertiary/aromatic N) is 2. The third-order valence-electron chi connectivity index (χ3n) is 5.78. The van der Waals surface area contributed by atoms with Crippen molar-refractivity contribution in [3.63, 3.8) is 0 Å². The molecule has 0 spiro atoms. The van der Waals surface area contributed by atoms with E-state index in [1.165, 1.54) is 15.5 Å². The Hall–Kier alpha value is -2.06. The molecule has 0 radical (unpaired) electrons.